The molecule has 0 fully saturated rings. The summed E-state index contributed by atoms with van der Waals surface area (Å²) in [6.07, 6.45) is 6.98. The van der Waals surface area contributed by atoms with Crippen LogP contribution in [0.25, 0.3) is 66.6 Å². The summed E-state index contributed by atoms with van der Waals surface area (Å²) in [5, 5.41) is 2.20. The maximum absolute atomic E-state index is 12.4. The number of primary amides is 1. The first-order chi connectivity index (χ1) is 35.0. The van der Waals surface area contributed by atoms with Gasteiger partial charge in [0.15, 0.2) is 11.3 Å². The van der Waals surface area contributed by atoms with E-state index in [0.29, 0.717) is 31.3 Å². The average Bonchev–Trinajstić information content (AvgIpc) is 4.03. The summed E-state index contributed by atoms with van der Waals surface area (Å²) >= 11 is 3.44. The summed E-state index contributed by atoms with van der Waals surface area (Å²) in [6.45, 7) is 27.2. The number of aryl methyl sites for hydroxylation is 2. The summed E-state index contributed by atoms with van der Waals surface area (Å²) in [5.74, 6) is 1.31. The van der Waals surface area contributed by atoms with Crippen molar-refractivity contribution in [1.29, 1.82) is 0 Å². The minimum atomic E-state index is -1.22. The molecule has 0 spiro atoms. The summed E-state index contributed by atoms with van der Waals surface area (Å²) in [7, 11) is 5.09. The van der Waals surface area contributed by atoms with E-state index in [4.69, 9.17) is 39.4 Å². The number of esters is 1. The number of nitrogens with zero attached hydrogens (tertiary/aromatic N) is 8. The lowest BCUT2D eigenvalue weighted by Crippen LogP contribution is -2.27. The van der Waals surface area contributed by atoms with E-state index in [1.807, 2.05) is 52.1 Å². The van der Waals surface area contributed by atoms with Crippen molar-refractivity contribution in [3.05, 3.63) is 83.6 Å². The van der Waals surface area contributed by atoms with E-state index < -0.39 is 33.4 Å². The van der Waals surface area contributed by atoms with E-state index in [2.05, 4.69) is 132 Å². The zero-order chi connectivity index (χ0) is 55.2. The molecule has 0 unspecified atom stereocenters. The molecule has 0 atom stereocenters. The number of halogens is 1. The molecule has 1 amide bonds. The van der Waals surface area contributed by atoms with E-state index >= 15 is 0 Å². The van der Waals surface area contributed by atoms with Crippen LogP contribution in [0.1, 0.15) is 47.2 Å². The fraction of sp³-hybridized carbons (Fsp3) is 0.455. The van der Waals surface area contributed by atoms with E-state index in [0.717, 1.165) is 95.9 Å². The first kappa shape index (κ1) is 58.2. The summed E-state index contributed by atoms with van der Waals surface area (Å²) < 4.78 is 42.4. The van der Waals surface area contributed by atoms with Crippen molar-refractivity contribution in [2.24, 2.45) is 19.8 Å². The molecule has 2 aromatic carbocycles. The molecule has 0 radical (unpaired) electrons. The van der Waals surface area contributed by atoms with Gasteiger partial charge in [0.25, 0.3) is 0 Å². The van der Waals surface area contributed by atoms with Gasteiger partial charge < -0.3 is 43.3 Å². The molecule has 8 rings (SSSR count). The van der Waals surface area contributed by atoms with E-state index in [9.17, 15) is 9.59 Å². The first-order valence-electron chi connectivity index (χ1n) is 25.0. The van der Waals surface area contributed by atoms with Crippen LogP contribution < -0.4 is 15.2 Å². The second kappa shape index (κ2) is 23.9. The van der Waals surface area contributed by atoms with Crippen LogP contribution >= 0.6 is 15.9 Å². The highest BCUT2D eigenvalue weighted by atomic mass is 79.9. The number of fused-ring (bicyclic) bond motifs is 4. The lowest BCUT2D eigenvalue weighted by molar-refractivity contribution is -0.154. The minimum absolute atomic E-state index is 0.0684. The first-order valence-corrected chi connectivity index (χ1v) is 33.2. The average molecular weight is 1130 g/mol. The van der Waals surface area contributed by atoms with Crippen LogP contribution in [0.3, 0.4) is 0 Å². The third kappa shape index (κ3) is 16.0. The summed E-state index contributed by atoms with van der Waals surface area (Å²) in [4.78, 5) is 41.2. The van der Waals surface area contributed by atoms with Crippen molar-refractivity contribution in [3.63, 3.8) is 0 Å². The maximum Gasteiger partial charge on any atom is 0.405 e. The SMILES string of the molecule is CC(C)(C)OC(N)=O.COc1ccc2c(c1)c(-c1cc3nc(Br)cnc3n1COCC[Si](C)(C)C)cn2C.COc1ccc2c(c1)c(-c1cc3nc(CC(=O)OC(C)(C)C)cnc3n1COCC[Si](C)(C)C)cn2C. The Labute approximate surface area is 451 Å². The molecule has 8 aromatic rings. The lowest BCUT2D eigenvalue weighted by atomic mass is 10.1. The molecule has 17 nitrogen and oxygen atoms in total. The normalized spacial score (nSPS) is 12.2. The monoisotopic (exact) mass is 1130 g/mol. The van der Waals surface area contributed by atoms with Gasteiger partial charge in [-0.1, -0.05) is 39.3 Å². The van der Waals surface area contributed by atoms with Crippen LogP contribution in [0, 0.1) is 0 Å². The highest BCUT2D eigenvalue weighted by Crippen LogP contribution is 2.37. The van der Waals surface area contributed by atoms with E-state index in [-0.39, 0.29) is 12.4 Å². The Morgan fingerprint density at radius 3 is 1.48 bits per heavy atom. The number of hydrogen-bond acceptors (Lipinski definition) is 12. The molecule has 0 aliphatic carbocycles. The number of rotatable bonds is 16. The molecule has 75 heavy (non-hydrogen) atoms. The van der Waals surface area contributed by atoms with E-state index in [1.165, 1.54) is 0 Å². The Bertz CT molecular complexity index is 3280. The Balaban J connectivity index is 0.000000216. The molecule has 2 N–H and O–H groups in total. The zero-order valence-corrected chi connectivity index (χ0v) is 50.3. The summed E-state index contributed by atoms with van der Waals surface area (Å²) in [6, 6.07) is 18.5. The molecular formula is C55H76BrN9O8Si2. The van der Waals surface area contributed by atoms with Crippen LogP contribution in [0.2, 0.25) is 51.4 Å². The lowest BCUT2D eigenvalue weighted by Gasteiger charge is -2.19. The van der Waals surface area contributed by atoms with Crippen molar-refractivity contribution in [1.82, 2.24) is 38.2 Å². The van der Waals surface area contributed by atoms with Gasteiger partial charge in [-0.05, 0) is 118 Å². The van der Waals surface area contributed by atoms with Gasteiger partial charge in [-0.15, -0.1) is 0 Å². The van der Waals surface area contributed by atoms with Crippen molar-refractivity contribution in [2.45, 2.75) is 124 Å². The maximum atomic E-state index is 12.4. The Kier molecular flexibility index (Phi) is 18.5. The van der Waals surface area contributed by atoms with Crippen LogP contribution in [-0.4, -0.2) is 105 Å². The van der Waals surface area contributed by atoms with Gasteiger partial charge in [0, 0.05) is 88.8 Å². The number of benzene rings is 2. The van der Waals surface area contributed by atoms with Gasteiger partial charge >= 0.3 is 12.1 Å². The van der Waals surface area contributed by atoms with E-state index in [1.54, 1.807) is 47.4 Å². The number of hydrogen-bond donors (Lipinski definition) is 1. The van der Waals surface area contributed by atoms with Gasteiger partial charge in [-0.3, -0.25) is 13.9 Å². The molecule has 0 aliphatic rings. The molecule has 6 heterocycles. The minimum Gasteiger partial charge on any atom is -0.497 e. The molecular weight excluding hydrogens is 1050 g/mol. The van der Waals surface area contributed by atoms with Gasteiger partial charge in [-0.2, -0.15) is 0 Å². The quantitative estimate of drug-likeness (QED) is 0.0549. The largest absolute Gasteiger partial charge is 0.497 e. The van der Waals surface area contributed by atoms with Crippen molar-refractivity contribution < 1.29 is 38.0 Å². The molecule has 0 saturated heterocycles. The second-order valence-electron chi connectivity index (χ2n) is 23.0. The number of amides is 1. The summed E-state index contributed by atoms with van der Waals surface area (Å²) in [5.41, 5.74) is 13.8. The Hall–Kier alpha value is -6.07. The van der Waals surface area contributed by atoms with Crippen LogP contribution in [-0.2, 0) is 57.7 Å². The fourth-order valence-electron chi connectivity index (χ4n) is 8.16. The smallest absolute Gasteiger partial charge is 0.405 e. The third-order valence-corrected chi connectivity index (χ3v) is 15.5. The van der Waals surface area contributed by atoms with Crippen molar-refractivity contribution >= 4 is 88.3 Å². The number of methoxy groups -OCH3 is 2. The standard InChI is InChI=1S/C28H38N4O4Si.C22H27BrN4O2Si.C5H11NO2/c1-28(2,3)36-26(33)13-19-16-29-27-23(30-19)15-25(32(27)18-35-11-12-37(6,7)8)22-17-31(4)24-10-9-20(34-5)14-21(22)24;1-26-13-17(16-10-15(28-2)6-7-19(16)26)20-11-18-22(24-12-21(23)25-18)27(20)14-29-8-9-30(3,4)5;1-5(2,3)8-4(6)7/h9-10,14-17H,11-13,18H2,1-8H3;6-7,10-13H,8-9,14H2,1-5H3;1-3H3,(H2,6,7). The molecule has 20 heteroatoms. The molecule has 404 valence electrons. The predicted molar refractivity (Wildman–Crippen MR) is 308 cm³/mol. The van der Waals surface area contributed by atoms with Crippen LogP contribution in [0.4, 0.5) is 4.79 Å². The molecule has 6 aromatic heterocycles. The number of carbonyl (C=O) groups is 2. The van der Waals surface area contributed by atoms with Gasteiger partial charge in [0.2, 0.25) is 0 Å². The van der Waals surface area contributed by atoms with Crippen LogP contribution in [0.5, 0.6) is 11.5 Å². The topological polar surface area (TPSA) is 187 Å². The Morgan fingerprint density at radius 2 is 1.08 bits per heavy atom. The van der Waals surface area contributed by atoms with Gasteiger partial charge in [-0.25, -0.2) is 24.7 Å². The number of aromatic nitrogens is 8. The highest BCUT2D eigenvalue weighted by molar-refractivity contribution is 9.10. The third-order valence-electron chi connectivity index (χ3n) is 11.7. The molecule has 0 saturated carbocycles. The van der Waals surface area contributed by atoms with Crippen molar-refractivity contribution in [3.8, 4) is 34.0 Å². The highest BCUT2D eigenvalue weighted by Gasteiger charge is 2.23. The molecule has 0 aliphatic heterocycles. The molecule has 0 bridgehead atoms. The zero-order valence-electron chi connectivity index (χ0n) is 46.7. The number of nitrogens with two attached hydrogens (primary N) is 1. The van der Waals surface area contributed by atoms with Gasteiger partial charge in [0.1, 0.15) is 51.8 Å². The fourth-order valence-corrected chi connectivity index (χ4v) is 9.96. The Morgan fingerprint density at radius 1 is 0.640 bits per heavy atom. The predicted octanol–water partition coefficient (Wildman–Crippen LogP) is 12.3. The van der Waals surface area contributed by atoms with Crippen molar-refractivity contribution in [2.75, 3.05) is 27.4 Å². The van der Waals surface area contributed by atoms with Crippen LogP contribution in [0.15, 0.2) is 77.9 Å². The van der Waals surface area contributed by atoms with Gasteiger partial charge in [0.05, 0.1) is 50.1 Å². The second-order valence-corrected chi connectivity index (χ2v) is 35.0. The number of carbonyl (C=O) groups excluding carboxylic acids is 2. The number of ether oxygens (including phenoxy) is 6.